The molecule has 0 saturated heterocycles. The average molecular weight is 508 g/mol. The summed E-state index contributed by atoms with van der Waals surface area (Å²) in [6, 6.07) is 16.1. The van der Waals surface area contributed by atoms with Crippen molar-refractivity contribution < 1.29 is 23.8 Å². The number of carbonyl (C=O) groups excluding carboxylic acids is 2. The Balaban J connectivity index is 0.000000445. The van der Waals surface area contributed by atoms with Crippen LogP contribution in [0.15, 0.2) is 65.6 Å². The van der Waals surface area contributed by atoms with Gasteiger partial charge in [0.05, 0.1) is 6.54 Å². The van der Waals surface area contributed by atoms with E-state index in [-0.39, 0.29) is 12.7 Å². The Morgan fingerprint density at radius 2 is 1.79 bits per heavy atom. The highest BCUT2D eigenvalue weighted by atomic mass is 35.5. The SMILES string of the molecule is C=C(C)C(=O)OCCNC=O.COC(COc1ccc(C(C)C)cc1)CSc1ccc(Cl)cc1. The normalized spacial score (nSPS) is 11.1. The Morgan fingerprint density at radius 1 is 1.15 bits per heavy atom. The lowest BCUT2D eigenvalue weighted by Crippen LogP contribution is -2.22. The molecule has 0 fully saturated rings. The number of thioether (sulfide) groups is 1. The van der Waals surface area contributed by atoms with Crippen LogP contribution in [0.25, 0.3) is 0 Å². The van der Waals surface area contributed by atoms with E-state index in [1.54, 1.807) is 25.8 Å². The molecule has 1 amide bonds. The lowest BCUT2D eigenvalue weighted by Gasteiger charge is -2.16. The minimum absolute atomic E-state index is 0.0421. The minimum atomic E-state index is -0.433. The number of amides is 1. The van der Waals surface area contributed by atoms with Crippen LogP contribution in [0, 0.1) is 0 Å². The standard InChI is InChI=1S/C19H23ClO2S.C7H11NO3/c1-14(2)15-4-8-17(9-5-15)22-12-18(21-3)13-23-19-10-6-16(20)7-11-19;1-6(2)7(10)11-4-3-8-5-9/h4-11,14,18H,12-13H2,1-3H3;5H,1,3-4H2,2H3,(H,8,9). The molecular weight excluding hydrogens is 474 g/mol. The highest BCUT2D eigenvalue weighted by Crippen LogP contribution is 2.23. The maximum absolute atomic E-state index is 10.7. The van der Waals surface area contributed by atoms with Gasteiger partial charge < -0.3 is 19.5 Å². The minimum Gasteiger partial charge on any atom is -0.491 e. The van der Waals surface area contributed by atoms with Crippen LogP contribution in [-0.2, 0) is 19.1 Å². The van der Waals surface area contributed by atoms with E-state index in [9.17, 15) is 9.59 Å². The Labute approximate surface area is 212 Å². The Kier molecular flexibility index (Phi) is 14.8. The van der Waals surface area contributed by atoms with Gasteiger partial charge in [-0.2, -0.15) is 0 Å². The summed E-state index contributed by atoms with van der Waals surface area (Å²) in [6.45, 7) is 10.4. The highest BCUT2D eigenvalue weighted by molar-refractivity contribution is 7.99. The van der Waals surface area contributed by atoms with Gasteiger partial charge in [-0.25, -0.2) is 4.79 Å². The molecule has 0 aliphatic rings. The average Bonchev–Trinajstić information content (AvgIpc) is 2.83. The van der Waals surface area contributed by atoms with Crippen LogP contribution in [0.4, 0.5) is 0 Å². The molecule has 0 aliphatic heterocycles. The van der Waals surface area contributed by atoms with Crippen LogP contribution in [0.2, 0.25) is 5.02 Å². The maximum Gasteiger partial charge on any atom is 0.333 e. The first-order valence-corrected chi connectivity index (χ1v) is 12.3. The van der Waals surface area contributed by atoms with Crippen molar-refractivity contribution in [2.45, 2.75) is 37.7 Å². The van der Waals surface area contributed by atoms with E-state index in [0.29, 0.717) is 31.1 Å². The lowest BCUT2D eigenvalue weighted by molar-refractivity contribution is -0.139. The summed E-state index contributed by atoms with van der Waals surface area (Å²) in [5.74, 6) is 1.82. The van der Waals surface area contributed by atoms with Crippen molar-refractivity contribution in [1.82, 2.24) is 5.32 Å². The molecule has 0 aromatic heterocycles. The van der Waals surface area contributed by atoms with Crippen molar-refractivity contribution in [2.24, 2.45) is 0 Å². The van der Waals surface area contributed by atoms with Crippen molar-refractivity contribution in [3.05, 3.63) is 71.3 Å². The molecule has 0 heterocycles. The molecule has 0 bridgehead atoms. The van der Waals surface area contributed by atoms with Gasteiger partial charge >= 0.3 is 5.97 Å². The number of nitrogens with one attached hydrogen (secondary N) is 1. The zero-order valence-corrected chi connectivity index (χ0v) is 21.8. The van der Waals surface area contributed by atoms with E-state index >= 15 is 0 Å². The monoisotopic (exact) mass is 507 g/mol. The van der Waals surface area contributed by atoms with Gasteiger partial charge in [0.25, 0.3) is 0 Å². The lowest BCUT2D eigenvalue weighted by atomic mass is 10.0. The summed E-state index contributed by atoms with van der Waals surface area (Å²) >= 11 is 7.64. The largest absolute Gasteiger partial charge is 0.491 e. The fraction of sp³-hybridized carbons (Fsp3) is 0.385. The van der Waals surface area contributed by atoms with Gasteiger partial charge in [-0.05, 0) is 54.8 Å². The second-order valence-corrected chi connectivity index (χ2v) is 9.18. The van der Waals surface area contributed by atoms with Gasteiger partial charge in [0.15, 0.2) is 0 Å². The molecule has 8 heteroatoms. The first-order valence-electron chi connectivity index (χ1n) is 10.9. The number of rotatable bonds is 13. The number of carbonyl (C=O) groups is 2. The fourth-order valence-electron chi connectivity index (χ4n) is 2.43. The molecule has 34 heavy (non-hydrogen) atoms. The second-order valence-electron chi connectivity index (χ2n) is 7.65. The summed E-state index contributed by atoms with van der Waals surface area (Å²) in [7, 11) is 1.72. The summed E-state index contributed by atoms with van der Waals surface area (Å²) in [6.07, 6.45) is 0.592. The van der Waals surface area contributed by atoms with Crippen LogP contribution >= 0.6 is 23.4 Å². The first kappa shape index (κ1) is 29.6. The maximum atomic E-state index is 10.7. The number of ether oxygens (including phenoxy) is 3. The van der Waals surface area contributed by atoms with Crippen LogP contribution in [-0.4, -0.2) is 51.1 Å². The summed E-state index contributed by atoms with van der Waals surface area (Å²) in [4.78, 5) is 21.6. The number of esters is 1. The topological polar surface area (TPSA) is 73.9 Å². The van der Waals surface area contributed by atoms with Gasteiger partial charge in [-0.3, -0.25) is 4.79 Å². The van der Waals surface area contributed by atoms with E-state index in [0.717, 1.165) is 16.5 Å². The summed E-state index contributed by atoms with van der Waals surface area (Å²) in [5.41, 5.74) is 1.68. The van der Waals surface area contributed by atoms with E-state index in [4.69, 9.17) is 21.1 Å². The smallest absolute Gasteiger partial charge is 0.333 e. The molecule has 186 valence electrons. The third kappa shape index (κ3) is 12.7. The molecule has 1 atom stereocenters. The van der Waals surface area contributed by atoms with Crippen LogP contribution < -0.4 is 10.1 Å². The van der Waals surface area contributed by atoms with Gasteiger partial charge in [0.2, 0.25) is 6.41 Å². The van der Waals surface area contributed by atoms with E-state index in [2.05, 4.69) is 42.6 Å². The van der Waals surface area contributed by atoms with Crippen molar-refractivity contribution in [1.29, 1.82) is 0 Å². The van der Waals surface area contributed by atoms with Crippen LogP contribution in [0.3, 0.4) is 0 Å². The van der Waals surface area contributed by atoms with Gasteiger partial charge in [0.1, 0.15) is 25.1 Å². The van der Waals surface area contributed by atoms with Crippen LogP contribution in [0.5, 0.6) is 5.75 Å². The molecule has 6 nitrogen and oxygen atoms in total. The van der Waals surface area contributed by atoms with Crippen molar-refractivity contribution in [3.63, 3.8) is 0 Å². The van der Waals surface area contributed by atoms with Gasteiger partial charge in [0, 0.05) is 28.4 Å². The third-order valence-electron chi connectivity index (χ3n) is 4.48. The third-order valence-corrected chi connectivity index (χ3v) is 5.87. The predicted molar refractivity (Wildman–Crippen MR) is 139 cm³/mol. The van der Waals surface area contributed by atoms with E-state index in [1.165, 1.54) is 10.5 Å². The van der Waals surface area contributed by atoms with E-state index < -0.39 is 5.97 Å². The number of methoxy groups -OCH3 is 1. The Bertz CT molecular complexity index is 872. The number of benzene rings is 2. The van der Waals surface area contributed by atoms with Crippen molar-refractivity contribution in [2.75, 3.05) is 32.6 Å². The molecule has 1 N–H and O–H groups in total. The molecule has 0 radical (unpaired) electrons. The quantitative estimate of drug-likeness (QED) is 0.127. The molecule has 1 unspecified atom stereocenters. The molecule has 0 spiro atoms. The zero-order chi connectivity index (χ0) is 25.3. The summed E-state index contributed by atoms with van der Waals surface area (Å²) in [5, 5.41) is 3.11. The highest BCUT2D eigenvalue weighted by Gasteiger charge is 2.10. The second kappa shape index (κ2) is 17.0. The van der Waals surface area contributed by atoms with Crippen molar-refractivity contribution in [3.8, 4) is 5.75 Å². The van der Waals surface area contributed by atoms with Gasteiger partial charge in [-0.1, -0.05) is 44.2 Å². The molecule has 2 rings (SSSR count). The van der Waals surface area contributed by atoms with Crippen LogP contribution in [0.1, 0.15) is 32.3 Å². The zero-order valence-electron chi connectivity index (χ0n) is 20.2. The Morgan fingerprint density at radius 3 is 2.32 bits per heavy atom. The molecule has 0 aliphatic carbocycles. The van der Waals surface area contributed by atoms with Gasteiger partial charge in [-0.15, -0.1) is 11.8 Å². The molecule has 2 aromatic rings. The van der Waals surface area contributed by atoms with E-state index in [1.807, 2.05) is 36.4 Å². The number of hydrogen-bond donors (Lipinski definition) is 1. The fourth-order valence-corrected chi connectivity index (χ4v) is 3.49. The molecular formula is C26H34ClNO5S. The predicted octanol–water partition coefficient (Wildman–Crippen LogP) is 5.50. The number of hydrogen-bond acceptors (Lipinski definition) is 6. The number of halogens is 1. The van der Waals surface area contributed by atoms with Crippen molar-refractivity contribution >= 4 is 35.7 Å². The molecule has 0 saturated carbocycles. The molecule has 2 aromatic carbocycles. The Hall–Kier alpha value is -2.48. The summed E-state index contributed by atoms with van der Waals surface area (Å²) < 4.78 is 16.0. The first-order chi connectivity index (χ1) is 16.3.